The summed E-state index contributed by atoms with van der Waals surface area (Å²) in [5.74, 6) is 0. The van der Waals surface area contributed by atoms with Gasteiger partial charge in [-0.15, -0.1) is 0 Å². The van der Waals surface area contributed by atoms with Crippen LogP contribution in [0.5, 0.6) is 0 Å². The molecule has 0 aromatic heterocycles. The summed E-state index contributed by atoms with van der Waals surface area (Å²) >= 11 is 1.38. The van der Waals surface area contributed by atoms with E-state index >= 15 is 0 Å². The molecule has 3 heteroatoms. The van der Waals surface area contributed by atoms with Crippen molar-refractivity contribution in [3.8, 4) is 0 Å². The molecule has 0 amide bonds. The molecule has 0 N–H and O–H groups in total. The second kappa shape index (κ2) is 8.06. The molecule has 0 rings (SSSR count). The fourth-order valence-electron chi connectivity index (χ4n) is 1.72. The fraction of sp³-hybridized carbons (Fsp3) is 1.00. The van der Waals surface area contributed by atoms with Gasteiger partial charge < -0.3 is 0 Å². The number of rotatable bonds is 8. The Labute approximate surface area is 124 Å². The topological polar surface area (TPSA) is 6.48 Å². The zero-order valence-electron chi connectivity index (χ0n) is 13.0. The molecule has 2 nitrogen and oxygen atoms in total. The first kappa shape index (κ1) is 17.8. The van der Waals surface area contributed by atoms with Gasteiger partial charge in [0.2, 0.25) is 0 Å². The Balaban J connectivity index is 3.95. The molecule has 0 heterocycles. The molecule has 17 heavy (non-hydrogen) atoms. The van der Waals surface area contributed by atoms with E-state index in [1.165, 1.54) is 50.1 Å². The molecule has 2 radical (unpaired) electrons. The average molecular weight is 342 g/mol. The van der Waals surface area contributed by atoms with Crippen molar-refractivity contribution in [2.45, 2.75) is 61.7 Å². The fourth-order valence-corrected chi connectivity index (χ4v) is 2.67. The van der Waals surface area contributed by atoms with E-state index in [1.807, 2.05) is 0 Å². The van der Waals surface area contributed by atoms with Gasteiger partial charge in [-0.25, -0.2) is 0 Å². The van der Waals surface area contributed by atoms with Crippen molar-refractivity contribution < 1.29 is 0 Å². The van der Waals surface area contributed by atoms with Crippen LogP contribution in [0.3, 0.4) is 0 Å². The first-order valence-corrected chi connectivity index (χ1v) is 8.42. The Morgan fingerprint density at radius 1 is 0.882 bits per heavy atom. The van der Waals surface area contributed by atoms with E-state index in [4.69, 9.17) is 0 Å². The summed E-state index contributed by atoms with van der Waals surface area (Å²) < 4.78 is 0.611. The van der Waals surface area contributed by atoms with Crippen molar-refractivity contribution in [1.82, 2.24) is 9.80 Å². The zero-order valence-corrected chi connectivity index (χ0v) is 16.3. The molecule has 0 fully saturated rings. The third-order valence-electron chi connectivity index (χ3n) is 4.03. The standard InChI is InChI=1S/C14H31N2.In/c1-12(8-10-13(2)15(4)5)9-11-14(3)16(6)7;/h13-14H,8-11H2,1-7H3;. The second-order valence-electron chi connectivity index (χ2n) is 6.36. The van der Waals surface area contributed by atoms with Gasteiger partial charge in [-0.3, -0.25) is 0 Å². The molecule has 0 aliphatic carbocycles. The van der Waals surface area contributed by atoms with Crippen molar-refractivity contribution >= 4 is 24.4 Å². The first-order chi connectivity index (χ1) is 7.65. The van der Waals surface area contributed by atoms with Gasteiger partial charge in [-0.2, -0.15) is 0 Å². The summed E-state index contributed by atoms with van der Waals surface area (Å²) in [6, 6.07) is 1.43. The Morgan fingerprint density at radius 3 is 1.41 bits per heavy atom. The van der Waals surface area contributed by atoms with Crippen molar-refractivity contribution in [2.75, 3.05) is 28.2 Å². The molecule has 0 spiro atoms. The number of hydrogen-bond donors (Lipinski definition) is 0. The first-order valence-electron chi connectivity index (χ1n) is 6.77. The molecule has 0 aliphatic rings. The summed E-state index contributed by atoms with van der Waals surface area (Å²) in [5, 5.41) is 0. The molecule has 100 valence electrons. The Kier molecular flexibility index (Phi) is 8.43. The molecule has 2 atom stereocenters. The molecule has 0 aliphatic heterocycles. The number of hydrogen-bond acceptors (Lipinski definition) is 2. The Hall–Kier alpha value is 0.790. The normalized spacial score (nSPS) is 19.4. The monoisotopic (exact) mass is 342 g/mol. The van der Waals surface area contributed by atoms with E-state index in [0.29, 0.717) is 15.3 Å². The molecule has 0 aromatic rings. The minimum atomic E-state index is 0.611. The van der Waals surface area contributed by atoms with E-state index in [9.17, 15) is 0 Å². The second-order valence-corrected chi connectivity index (χ2v) is 10.3. The molecule has 2 unspecified atom stereocenters. The van der Waals surface area contributed by atoms with Gasteiger partial charge in [0.1, 0.15) is 0 Å². The van der Waals surface area contributed by atoms with E-state index in [-0.39, 0.29) is 0 Å². The van der Waals surface area contributed by atoms with Gasteiger partial charge in [-0.1, -0.05) is 0 Å². The zero-order chi connectivity index (χ0) is 13.6. The molecular weight excluding hydrogens is 311 g/mol. The van der Waals surface area contributed by atoms with Crippen LogP contribution in [0.25, 0.3) is 0 Å². The van der Waals surface area contributed by atoms with Gasteiger partial charge in [0.05, 0.1) is 0 Å². The van der Waals surface area contributed by atoms with Crippen LogP contribution in [-0.2, 0) is 0 Å². The summed E-state index contributed by atoms with van der Waals surface area (Å²) in [7, 11) is 8.73. The van der Waals surface area contributed by atoms with Crippen LogP contribution in [-0.4, -0.2) is 74.4 Å². The third-order valence-corrected chi connectivity index (χ3v) is 5.68. The molecular formula is C14H31InN2. The molecule has 0 aromatic carbocycles. The summed E-state index contributed by atoms with van der Waals surface area (Å²) in [5.41, 5.74) is 0. The van der Waals surface area contributed by atoms with Crippen molar-refractivity contribution in [2.24, 2.45) is 0 Å². The van der Waals surface area contributed by atoms with Crippen molar-refractivity contribution in [3.05, 3.63) is 0 Å². The maximum atomic E-state index is 2.47. The van der Waals surface area contributed by atoms with Crippen LogP contribution in [0.2, 0.25) is 3.17 Å². The van der Waals surface area contributed by atoms with E-state index < -0.39 is 0 Å². The van der Waals surface area contributed by atoms with Crippen LogP contribution < -0.4 is 0 Å². The predicted molar refractivity (Wildman–Crippen MR) is 78.9 cm³/mol. The van der Waals surface area contributed by atoms with Crippen LogP contribution in [0.15, 0.2) is 0 Å². The molecule has 0 bridgehead atoms. The Morgan fingerprint density at radius 2 is 1.18 bits per heavy atom. The van der Waals surface area contributed by atoms with Gasteiger partial charge in [0, 0.05) is 0 Å². The summed E-state index contributed by atoms with van der Waals surface area (Å²) in [4.78, 5) is 4.66. The Bertz CT molecular complexity index is 182. The van der Waals surface area contributed by atoms with Crippen LogP contribution in [0.4, 0.5) is 0 Å². The maximum absolute atomic E-state index is 2.47. The molecule has 0 saturated heterocycles. The summed E-state index contributed by atoms with van der Waals surface area (Å²) in [6.45, 7) is 7.14. The average Bonchev–Trinajstić information content (AvgIpc) is 2.22. The minimum absolute atomic E-state index is 0.611. The van der Waals surface area contributed by atoms with Crippen LogP contribution in [0.1, 0.15) is 46.5 Å². The van der Waals surface area contributed by atoms with Gasteiger partial charge in [0.25, 0.3) is 0 Å². The van der Waals surface area contributed by atoms with Crippen molar-refractivity contribution in [1.29, 1.82) is 0 Å². The van der Waals surface area contributed by atoms with E-state index in [1.54, 1.807) is 0 Å². The van der Waals surface area contributed by atoms with Crippen molar-refractivity contribution in [3.63, 3.8) is 0 Å². The van der Waals surface area contributed by atoms with Gasteiger partial charge >= 0.3 is 124 Å². The SMILES string of the molecule is CC(CC[C](C)([In])CCC(C)N(C)C)N(C)C. The predicted octanol–water partition coefficient (Wildman–Crippen LogP) is 2.79. The molecule has 0 saturated carbocycles. The van der Waals surface area contributed by atoms with Crippen LogP contribution >= 0.6 is 0 Å². The van der Waals surface area contributed by atoms with E-state index in [2.05, 4.69) is 58.8 Å². The summed E-state index contributed by atoms with van der Waals surface area (Å²) in [6.07, 6.45) is 5.44. The number of nitrogens with zero attached hydrogens (tertiary/aromatic N) is 2. The van der Waals surface area contributed by atoms with Gasteiger partial charge in [0.15, 0.2) is 0 Å². The quantitative estimate of drug-likeness (QED) is 0.669. The van der Waals surface area contributed by atoms with Crippen LogP contribution in [0, 0.1) is 0 Å². The third kappa shape index (κ3) is 8.50. The van der Waals surface area contributed by atoms with Gasteiger partial charge in [-0.05, 0) is 0 Å². The van der Waals surface area contributed by atoms with E-state index in [0.717, 1.165) is 0 Å².